The standard InChI is InChI=1S/C21H25N3O4S/c1-16(25)23-19-7-5-6-18(14-19)21(26)22-15-17-8-10-20(11-9-17)29(27,28)24-12-3-2-4-13-24/h5-11,14H,2-4,12-13,15H2,1H3,(H,22,26)(H,23,25). The van der Waals surface area contributed by atoms with Crippen molar-refractivity contribution in [3.05, 3.63) is 59.7 Å². The highest BCUT2D eigenvalue weighted by Gasteiger charge is 2.25. The van der Waals surface area contributed by atoms with Crippen molar-refractivity contribution in [2.75, 3.05) is 18.4 Å². The molecule has 1 aliphatic rings. The Bertz CT molecular complexity index is 981. The Labute approximate surface area is 171 Å². The summed E-state index contributed by atoms with van der Waals surface area (Å²) in [5.74, 6) is -0.482. The van der Waals surface area contributed by atoms with E-state index in [-0.39, 0.29) is 23.3 Å². The van der Waals surface area contributed by atoms with Crippen LogP contribution in [-0.4, -0.2) is 37.6 Å². The third kappa shape index (κ3) is 5.42. The van der Waals surface area contributed by atoms with Crippen molar-refractivity contribution in [2.45, 2.75) is 37.6 Å². The first-order valence-electron chi connectivity index (χ1n) is 9.61. The molecule has 0 aromatic heterocycles. The molecule has 2 N–H and O–H groups in total. The Morgan fingerprint density at radius 1 is 1.00 bits per heavy atom. The number of benzene rings is 2. The number of nitrogens with one attached hydrogen (secondary N) is 2. The van der Waals surface area contributed by atoms with Crippen LogP contribution in [0.1, 0.15) is 42.1 Å². The maximum atomic E-state index is 12.7. The number of piperidine rings is 1. The molecule has 0 spiro atoms. The van der Waals surface area contributed by atoms with Gasteiger partial charge in [0.1, 0.15) is 0 Å². The number of carbonyl (C=O) groups is 2. The van der Waals surface area contributed by atoms with Gasteiger partial charge in [-0.25, -0.2) is 8.42 Å². The lowest BCUT2D eigenvalue weighted by Crippen LogP contribution is -2.35. The summed E-state index contributed by atoms with van der Waals surface area (Å²) in [7, 11) is -3.46. The van der Waals surface area contributed by atoms with E-state index < -0.39 is 10.0 Å². The van der Waals surface area contributed by atoms with Gasteiger partial charge in [0.05, 0.1) is 4.90 Å². The van der Waals surface area contributed by atoms with Crippen molar-refractivity contribution in [3.8, 4) is 0 Å². The average molecular weight is 416 g/mol. The van der Waals surface area contributed by atoms with Gasteiger partial charge in [-0.05, 0) is 48.7 Å². The topological polar surface area (TPSA) is 95.6 Å². The Morgan fingerprint density at radius 2 is 1.69 bits per heavy atom. The molecule has 0 radical (unpaired) electrons. The van der Waals surface area contributed by atoms with Crippen LogP contribution in [0.4, 0.5) is 5.69 Å². The van der Waals surface area contributed by atoms with Crippen LogP contribution in [0, 0.1) is 0 Å². The molecule has 1 saturated heterocycles. The molecule has 0 saturated carbocycles. The van der Waals surface area contributed by atoms with E-state index in [4.69, 9.17) is 0 Å². The van der Waals surface area contributed by atoms with Gasteiger partial charge in [-0.2, -0.15) is 4.31 Å². The quantitative estimate of drug-likeness (QED) is 0.758. The third-order valence-electron chi connectivity index (χ3n) is 4.77. The molecule has 2 aromatic rings. The summed E-state index contributed by atoms with van der Waals surface area (Å²) in [5, 5.41) is 5.45. The number of anilines is 1. The minimum Gasteiger partial charge on any atom is -0.348 e. The SMILES string of the molecule is CC(=O)Nc1cccc(C(=O)NCc2ccc(S(=O)(=O)N3CCCCC3)cc2)c1. The highest BCUT2D eigenvalue weighted by Crippen LogP contribution is 2.21. The molecule has 154 valence electrons. The first-order valence-corrected chi connectivity index (χ1v) is 11.1. The minimum absolute atomic E-state index is 0.206. The summed E-state index contributed by atoms with van der Waals surface area (Å²) in [4.78, 5) is 23.8. The van der Waals surface area contributed by atoms with Crippen LogP contribution in [0.15, 0.2) is 53.4 Å². The molecule has 0 atom stereocenters. The van der Waals surface area contributed by atoms with E-state index in [0.29, 0.717) is 24.3 Å². The Hall–Kier alpha value is -2.71. The predicted octanol–water partition coefficient (Wildman–Crippen LogP) is 2.75. The molecular formula is C21H25N3O4S. The van der Waals surface area contributed by atoms with Crippen molar-refractivity contribution in [1.29, 1.82) is 0 Å². The van der Waals surface area contributed by atoms with Gasteiger partial charge in [0.15, 0.2) is 0 Å². The van der Waals surface area contributed by atoms with E-state index in [9.17, 15) is 18.0 Å². The second-order valence-corrected chi connectivity index (χ2v) is 8.99. The predicted molar refractivity (Wildman–Crippen MR) is 111 cm³/mol. The monoisotopic (exact) mass is 415 g/mol. The lowest BCUT2D eigenvalue weighted by Gasteiger charge is -2.25. The van der Waals surface area contributed by atoms with Crippen LogP contribution in [-0.2, 0) is 21.4 Å². The molecule has 2 amide bonds. The lowest BCUT2D eigenvalue weighted by molar-refractivity contribution is -0.114. The van der Waals surface area contributed by atoms with Crippen LogP contribution in [0.3, 0.4) is 0 Å². The number of sulfonamides is 1. The number of hydrogen-bond acceptors (Lipinski definition) is 4. The molecule has 1 heterocycles. The van der Waals surface area contributed by atoms with Crippen molar-refractivity contribution in [3.63, 3.8) is 0 Å². The summed E-state index contributed by atoms with van der Waals surface area (Å²) in [6.45, 7) is 2.81. The van der Waals surface area contributed by atoms with Crippen LogP contribution >= 0.6 is 0 Å². The summed E-state index contributed by atoms with van der Waals surface area (Å²) in [5.41, 5.74) is 1.78. The van der Waals surface area contributed by atoms with E-state index in [0.717, 1.165) is 24.8 Å². The first-order chi connectivity index (χ1) is 13.9. The molecule has 8 heteroatoms. The second kappa shape index (κ2) is 9.19. The van der Waals surface area contributed by atoms with Crippen molar-refractivity contribution >= 4 is 27.5 Å². The first kappa shape index (κ1) is 21.0. The molecule has 0 bridgehead atoms. The maximum absolute atomic E-state index is 12.7. The van der Waals surface area contributed by atoms with E-state index in [2.05, 4.69) is 10.6 Å². The van der Waals surface area contributed by atoms with Gasteiger partial charge in [-0.1, -0.05) is 24.6 Å². The summed E-state index contributed by atoms with van der Waals surface area (Å²) in [6, 6.07) is 13.3. The Balaban J connectivity index is 1.61. The van der Waals surface area contributed by atoms with Crippen LogP contribution in [0.25, 0.3) is 0 Å². The largest absolute Gasteiger partial charge is 0.348 e. The molecule has 2 aromatic carbocycles. The molecule has 1 aliphatic heterocycles. The number of rotatable bonds is 6. The molecule has 7 nitrogen and oxygen atoms in total. The van der Waals surface area contributed by atoms with Gasteiger partial charge in [-0.15, -0.1) is 0 Å². The summed E-state index contributed by atoms with van der Waals surface area (Å²) in [6.07, 6.45) is 2.86. The third-order valence-corrected chi connectivity index (χ3v) is 6.69. The van der Waals surface area contributed by atoms with Gasteiger partial charge < -0.3 is 10.6 Å². The number of hydrogen-bond donors (Lipinski definition) is 2. The summed E-state index contributed by atoms with van der Waals surface area (Å²) >= 11 is 0. The zero-order valence-electron chi connectivity index (χ0n) is 16.3. The van der Waals surface area contributed by atoms with Crippen molar-refractivity contribution in [1.82, 2.24) is 9.62 Å². The Morgan fingerprint density at radius 3 is 2.34 bits per heavy atom. The normalized spacial score (nSPS) is 14.9. The van der Waals surface area contributed by atoms with Crippen molar-refractivity contribution < 1.29 is 18.0 Å². The Kier molecular flexibility index (Phi) is 6.66. The zero-order chi connectivity index (χ0) is 20.9. The minimum atomic E-state index is -3.46. The van der Waals surface area contributed by atoms with E-state index in [1.807, 2.05) is 0 Å². The molecule has 0 aliphatic carbocycles. The fourth-order valence-corrected chi connectivity index (χ4v) is 4.78. The number of amides is 2. The average Bonchev–Trinajstić information content (AvgIpc) is 2.72. The van der Waals surface area contributed by atoms with E-state index >= 15 is 0 Å². The van der Waals surface area contributed by atoms with Crippen LogP contribution < -0.4 is 10.6 Å². The van der Waals surface area contributed by atoms with Crippen molar-refractivity contribution in [2.24, 2.45) is 0 Å². The number of carbonyl (C=O) groups excluding carboxylic acids is 2. The fraction of sp³-hybridized carbons (Fsp3) is 0.333. The van der Waals surface area contributed by atoms with Crippen LogP contribution in [0.2, 0.25) is 0 Å². The van der Waals surface area contributed by atoms with Gasteiger partial charge >= 0.3 is 0 Å². The highest BCUT2D eigenvalue weighted by atomic mass is 32.2. The second-order valence-electron chi connectivity index (χ2n) is 7.05. The smallest absolute Gasteiger partial charge is 0.251 e. The molecule has 29 heavy (non-hydrogen) atoms. The van der Waals surface area contributed by atoms with Gasteiger partial charge in [0.25, 0.3) is 5.91 Å². The van der Waals surface area contributed by atoms with Gasteiger partial charge in [0, 0.05) is 37.8 Å². The van der Waals surface area contributed by atoms with Crippen LogP contribution in [0.5, 0.6) is 0 Å². The summed E-state index contributed by atoms with van der Waals surface area (Å²) < 4.78 is 26.9. The molecule has 0 unspecified atom stereocenters. The van der Waals surface area contributed by atoms with Gasteiger partial charge in [-0.3, -0.25) is 9.59 Å². The maximum Gasteiger partial charge on any atom is 0.251 e. The fourth-order valence-electron chi connectivity index (χ4n) is 3.26. The lowest BCUT2D eigenvalue weighted by atomic mass is 10.1. The van der Waals surface area contributed by atoms with Gasteiger partial charge in [0.2, 0.25) is 15.9 Å². The van der Waals surface area contributed by atoms with E-state index in [1.54, 1.807) is 48.5 Å². The molecular weight excluding hydrogens is 390 g/mol. The molecule has 3 rings (SSSR count). The zero-order valence-corrected chi connectivity index (χ0v) is 17.2. The molecule has 1 fully saturated rings. The highest BCUT2D eigenvalue weighted by molar-refractivity contribution is 7.89. The number of nitrogens with zero attached hydrogens (tertiary/aromatic N) is 1. The van der Waals surface area contributed by atoms with E-state index in [1.165, 1.54) is 11.2 Å².